The van der Waals surface area contributed by atoms with Gasteiger partial charge in [-0.25, -0.2) is 4.39 Å². The molecule has 3 heterocycles. The standard InChI is InChI=1S/C19H18ClFN6S/c1-26-10-11-6-12(7-15(21)18(11)24-26)23-19-17-14(20)8-13(9-16(17)28-25-19)27-4-2-22-3-5-27/h6-10,22H,2-5H2,1H3,(H,23,25). The average Bonchev–Trinajstić information content (AvgIpc) is 3.26. The van der Waals surface area contributed by atoms with Gasteiger partial charge in [0.25, 0.3) is 0 Å². The molecule has 6 nitrogen and oxygen atoms in total. The zero-order chi connectivity index (χ0) is 19.3. The predicted octanol–water partition coefficient (Wildman–Crippen LogP) is 4.13. The smallest absolute Gasteiger partial charge is 0.153 e. The minimum atomic E-state index is -0.368. The lowest BCUT2D eigenvalue weighted by atomic mass is 10.2. The van der Waals surface area contributed by atoms with Crippen molar-refractivity contribution < 1.29 is 4.39 Å². The van der Waals surface area contributed by atoms with Gasteiger partial charge in [-0.1, -0.05) is 11.6 Å². The molecule has 0 aliphatic carbocycles. The van der Waals surface area contributed by atoms with Crippen LogP contribution in [-0.4, -0.2) is 40.3 Å². The number of nitrogens with zero attached hydrogens (tertiary/aromatic N) is 4. The summed E-state index contributed by atoms with van der Waals surface area (Å²) in [5.74, 6) is 0.270. The van der Waals surface area contributed by atoms with Crippen LogP contribution in [0.3, 0.4) is 0 Å². The van der Waals surface area contributed by atoms with Gasteiger partial charge in [0.05, 0.1) is 15.1 Å². The van der Waals surface area contributed by atoms with Crippen molar-refractivity contribution in [2.45, 2.75) is 0 Å². The summed E-state index contributed by atoms with van der Waals surface area (Å²) >= 11 is 8.01. The number of halogens is 2. The minimum Gasteiger partial charge on any atom is -0.369 e. The summed E-state index contributed by atoms with van der Waals surface area (Å²) in [5.41, 5.74) is 2.08. The minimum absolute atomic E-state index is 0.356. The van der Waals surface area contributed by atoms with Crippen LogP contribution in [0.2, 0.25) is 5.02 Å². The first kappa shape index (κ1) is 17.7. The fourth-order valence-corrected chi connectivity index (χ4v) is 4.78. The third kappa shape index (κ3) is 3.07. The number of benzene rings is 2. The van der Waals surface area contributed by atoms with Crippen LogP contribution in [0.15, 0.2) is 30.5 Å². The van der Waals surface area contributed by atoms with Gasteiger partial charge in [0.1, 0.15) is 5.52 Å². The second kappa shape index (κ2) is 6.88. The molecule has 2 aromatic heterocycles. The Kier molecular flexibility index (Phi) is 4.34. The van der Waals surface area contributed by atoms with Gasteiger partial charge in [0, 0.05) is 56.2 Å². The van der Waals surface area contributed by atoms with Gasteiger partial charge in [-0.15, -0.1) is 0 Å². The number of aromatic nitrogens is 3. The van der Waals surface area contributed by atoms with Gasteiger partial charge >= 0.3 is 0 Å². The number of rotatable bonds is 3. The lowest BCUT2D eigenvalue weighted by molar-refractivity contribution is 0.589. The van der Waals surface area contributed by atoms with Gasteiger partial charge in [0.2, 0.25) is 0 Å². The van der Waals surface area contributed by atoms with Crippen molar-refractivity contribution in [2.24, 2.45) is 7.05 Å². The number of nitrogens with one attached hydrogen (secondary N) is 2. The van der Waals surface area contributed by atoms with Crippen molar-refractivity contribution in [3.8, 4) is 0 Å². The third-order valence-corrected chi connectivity index (χ3v) is 6.02. The lowest BCUT2D eigenvalue weighted by Crippen LogP contribution is -2.43. The zero-order valence-electron chi connectivity index (χ0n) is 15.2. The molecule has 1 aliphatic rings. The summed E-state index contributed by atoms with van der Waals surface area (Å²) in [7, 11) is 1.77. The molecule has 0 spiro atoms. The number of hydrogen-bond acceptors (Lipinski definition) is 6. The third-order valence-electron chi connectivity index (χ3n) is 4.93. The van der Waals surface area contributed by atoms with E-state index in [-0.39, 0.29) is 5.82 Å². The molecule has 1 fully saturated rings. The quantitative estimate of drug-likeness (QED) is 0.526. The molecule has 2 N–H and O–H groups in total. The molecule has 9 heteroatoms. The second-order valence-corrected chi connectivity index (χ2v) is 8.10. The molecule has 0 atom stereocenters. The number of anilines is 3. The van der Waals surface area contributed by atoms with Gasteiger partial charge in [-0.05, 0) is 35.8 Å². The van der Waals surface area contributed by atoms with Gasteiger partial charge in [-0.2, -0.15) is 9.47 Å². The van der Waals surface area contributed by atoms with E-state index in [9.17, 15) is 4.39 Å². The highest BCUT2D eigenvalue weighted by atomic mass is 35.5. The summed E-state index contributed by atoms with van der Waals surface area (Å²) in [6.45, 7) is 3.84. The Morgan fingerprint density at radius 2 is 2.04 bits per heavy atom. The van der Waals surface area contributed by atoms with Crippen LogP contribution in [0.25, 0.3) is 21.0 Å². The highest BCUT2D eigenvalue weighted by molar-refractivity contribution is 7.14. The topological polar surface area (TPSA) is 58.0 Å². The van der Waals surface area contributed by atoms with Crippen LogP contribution in [0.5, 0.6) is 0 Å². The van der Waals surface area contributed by atoms with Crippen molar-refractivity contribution in [3.05, 3.63) is 41.3 Å². The number of piperazine rings is 1. The molecule has 0 amide bonds. The van der Waals surface area contributed by atoms with Crippen molar-refractivity contribution in [1.82, 2.24) is 19.5 Å². The highest BCUT2D eigenvalue weighted by Gasteiger charge is 2.17. The first-order chi connectivity index (χ1) is 13.6. The summed E-state index contributed by atoms with van der Waals surface area (Å²) in [4.78, 5) is 2.32. The van der Waals surface area contributed by atoms with E-state index in [4.69, 9.17) is 11.6 Å². The SMILES string of the molecule is Cn1cc2cc(Nc3nsc4cc(N5CCNCC5)cc(Cl)c34)cc(F)c2n1. The fourth-order valence-electron chi connectivity index (χ4n) is 3.62. The predicted molar refractivity (Wildman–Crippen MR) is 114 cm³/mol. The molecule has 0 radical (unpaired) electrons. The number of aryl methyl sites for hydroxylation is 1. The van der Waals surface area contributed by atoms with Crippen LogP contribution in [0, 0.1) is 5.82 Å². The van der Waals surface area contributed by atoms with Crippen LogP contribution in [0.4, 0.5) is 21.6 Å². The van der Waals surface area contributed by atoms with E-state index >= 15 is 0 Å². The Morgan fingerprint density at radius 1 is 1.21 bits per heavy atom. The van der Waals surface area contributed by atoms with E-state index in [1.165, 1.54) is 17.6 Å². The molecule has 4 aromatic rings. The monoisotopic (exact) mass is 416 g/mol. The maximum atomic E-state index is 14.4. The summed E-state index contributed by atoms with van der Waals surface area (Å²) < 4.78 is 21.5. The maximum absolute atomic E-state index is 14.4. The van der Waals surface area contributed by atoms with Gasteiger partial charge in [-0.3, -0.25) is 4.68 Å². The van der Waals surface area contributed by atoms with Crippen LogP contribution in [-0.2, 0) is 7.05 Å². The molecule has 1 saturated heterocycles. The Bertz CT molecular complexity index is 1180. The van der Waals surface area contributed by atoms with Crippen molar-refractivity contribution in [3.63, 3.8) is 0 Å². The summed E-state index contributed by atoms with van der Waals surface area (Å²) in [5, 5.41) is 13.0. The van der Waals surface area contributed by atoms with Gasteiger partial charge in [0.15, 0.2) is 11.6 Å². The average molecular weight is 417 g/mol. The molecular formula is C19H18ClFN6S. The lowest BCUT2D eigenvalue weighted by Gasteiger charge is -2.29. The number of fused-ring (bicyclic) bond motifs is 2. The molecule has 144 valence electrons. The van der Waals surface area contributed by atoms with Crippen molar-refractivity contribution in [1.29, 1.82) is 0 Å². The zero-order valence-corrected chi connectivity index (χ0v) is 16.7. The molecule has 5 rings (SSSR count). The van der Waals surface area contributed by atoms with Crippen LogP contribution < -0.4 is 15.5 Å². The van der Waals surface area contributed by atoms with Gasteiger partial charge < -0.3 is 15.5 Å². The fraction of sp³-hybridized carbons (Fsp3) is 0.263. The summed E-state index contributed by atoms with van der Waals surface area (Å²) in [6.07, 6.45) is 1.79. The first-order valence-corrected chi connectivity index (χ1v) is 10.2. The Morgan fingerprint density at radius 3 is 2.86 bits per heavy atom. The molecule has 1 aliphatic heterocycles. The number of hydrogen-bond donors (Lipinski definition) is 2. The maximum Gasteiger partial charge on any atom is 0.153 e. The van der Waals surface area contributed by atoms with E-state index in [0.29, 0.717) is 22.0 Å². The highest BCUT2D eigenvalue weighted by Crippen LogP contribution is 2.38. The molecule has 0 bridgehead atoms. The van der Waals surface area contributed by atoms with Crippen LogP contribution >= 0.6 is 23.1 Å². The summed E-state index contributed by atoms with van der Waals surface area (Å²) in [6, 6.07) is 7.41. The Balaban J connectivity index is 1.51. The molecule has 0 unspecified atom stereocenters. The van der Waals surface area contributed by atoms with E-state index in [0.717, 1.165) is 47.3 Å². The van der Waals surface area contributed by atoms with E-state index < -0.39 is 0 Å². The largest absolute Gasteiger partial charge is 0.369 e. The molecule has 28 heavy (non-hydrogen) atoms. The van der Waals surface area contributed by atoms with E-state index in [2.05, 4.69) is 31.1 Å². The Labute approximate surface area is 170 Å². The first-order valence-electron chi connectivity index (χ1n) is 9.03. The Hall–Kier alpha value is -2.42. The van der Waals surface area contributed by atoms with Crippen LogP contribution in [0.1, 0.15) is 0 Å². The van der Waals surface area contributed by atoms with Crippen molar-refractivity contribution >= 4 is 61.3 Å². The van der Waals surface area contributed by atoms with E-state index in [1.54, 1.807) is 17.9 Å². The molecule has 2 aromatic carbocycles. The molecule has 0 saturated carbocycles. The molecular weight excluding hydrogens is 399 g/mol. The second-order valence-electron chi connectivity index (χ2n) is 6.89. The van der Waals surface area contributed by atoms with E-state index in [1.807, 2.05) is 12.1 Å². The normalized spacial score (nSPS) is 14.9. The van der Waals surface area contributed by atoms with Crippen molar-refractivity contribution in [2.75, 3.05) is 36.4 Å².